The van der Waals surface area contributed by atoms with Crippen molar-refractivity contribution in [1.82, 2.24) is 9.62 Å². The third-order valence-corrected chi connectivity index (χ3v) is 4.02. The number of ether oxygens (including phenoxy) is 1. The van der Waals surface area contributed by atoms with E-state index in [9.17, 15) is 13.2 Å². The van der Waals surface area contributed by atoms with Gasteiger partial charge in [-0.2, -0.15) is 0 Å². The molecule has 0 aromatic heterocycles. The van der Waals surface area contributed by atoms with Crippen molar-refractivity contribution < 1.29 is 17.9 Å². The quantitative estimate of drug-likeness (QED) is 0.859. The topological polar surface area (TPSA) is 75.7 Å². The van der Waals surface area contributed by atoms with E-state index < -0.39 is 15.6 Å². The van der Waals surface area contributed by atoms with E-state index in [4.69, 9.17) is 4.74 Å². The molecule has 20 heavy (non-hydrogen) atoms. The molecule has 1 heterocycles. The number of amides is 1. The highest BCUT2D eigenvalue weighted by molar-refractivity contribution is 7.88. The van der Waals surface area contributed by atoms with Crippen molar-refractivity contribution in [3.05, 3.63) is 0 Å². The number of carbonyl (C=O) groups is 1. The van der Waals surface area contributed by atoms with Crippen LogP contribution >= 0.6 is 0 Å². The Morgan fingerprint density at radius 3 is 2.50 bits per heavy atom. The Morgan fingerprint density at radius 1 is 1.40 bits per heavy atom. The summed E-state index contributed by atoms with van der Waals surface area (Å²) in [6.07, 6.45) is 2.59. The molecule has 1 aliphatic rings. The average molecular weight is 306 g/mol. The van der Waals surface area contributed by atoms with Gasteiger partial charge in [0.15, 0.2) is 0 Å². The van der Waals surface area contributed by atoms with E-state index >= 15 is 0 Å². The van der Waals surface area contributed by atoms with Gasteiger partial charge in [-0.25, -0.2) is 17.9 Å². The standard InChI is InChI=1S/C13H26N2O4S/c1-10(14-20(5,17)18)11-7-6-8-15(9-11)12(16)19-13(2,3)4/h10-11,14H,6-9H2,1-5H3. The Kier molecular flexibility index (Phi) is 5.43. The van der Waals surface area contributed by atoms with Gasteiger partial charge in [-0.3, -0.25) is 0 Å². The van der Waals surface area contributed by atoms with Gasteiger partial charge >= 0.3 is 6.09 Å². The second kappa shape index (κ2) is 6.30. The fraction of sp³-hybridized carbons (Fsp3) is 0.923. The number of likely N-dealkylation sites (tertiary alicyclic amines) is 1. The molecule has 1 saturated heterocycles. The largest absolute Gasteiger partial charge is 0.444 e. The normalized spacial score (nSPS) is 22.4. The Labute approximate surface area is 121 Å². The summed E-state index contributed by atoms with van der Waals surface area (Å²) >= 11 is 0. The molecule has 1 amide bonds. The van der Waals surface area contributed by atoms with Crippen molar-refractivity contribution >= 4 is 16.1 Å². The van der Waals surface area contributed by atoms with Crippen LogP contribution in [0.2, 0.25) is 0 Å². The van der Waals surface area contributed by atoms with E-state index in [0.29, 0.717) is 13.1 Å². The predicted octanol–water partition coefficient (Wildman–Crippen LogP) is 1.57. The molecule has 2 atom stereocenters. The molecule has 0 bridgehead atoms. The Balaban J connectivity index is 2.60. The van der Waals surface area contributed by atoms with Gasteiger partial charge in [-0.1, -0.05) is 0 Å². The van der Waals surface area contributed by atoms with Gasteiger partial charge in [0.05, 0.1) is 6.26 Å². The molecule has 1 aliphatic heterocycles. The summed E-state index contributed by atoms with van der Waals surface area (Å²) in [5.74, 6) is 0.117. The molecule has 1 rings (SSSR count). The number of nitrogens with one attached hydrogen (secondary N) is 1. The summed E-state index contributed by atoms with van der Waals surface area (Å²) in [6.45, 7) is 8.53. The number of hydrogen-bond donors (Lipinski definition) is 1. The van der Waals surface area contributed by atoms with E-state index in [-0.39, 0.29) is 18.1 Å². The minimum Gasteiger partial charge on any atom is -0.444 e. The summed E-state index contributed by atoms with van der Waals surface area (Å²) in [4.78, 5) is 13.7. The van der Waals surface area contributed by atoms with Crippen molar-refractivity contribution in [3.8, 4) is 0 Å². The van der Waals surface area contributed by atoms with Crippen molar-refractivity contribution in [1.29, 1.82) is 0 Å². The first-order valence-electron chi connectivity index (χ1n) is 6.93. The summed E-state index contributed by atoms with van der Waals surface area (Å²) in [6, 6.07) is -0.185. The fourth-order valence-corrected chi connectivity index (χ4v) is 3.21. The lowest BCUT2D eigenvalue weighted by atomic mass is 9.92. The minimum atomic E-state index is -3.22. The average Bonchev–Trinajstić information content (AvgIpc) is 2.24. The molecule has 2 unspecified atom stereocenters. The number of hydrogen-bond acceptors (Lipinski definition) is 4. The summed E-state index contributed by atoms with van der Waals surface area (Å²) in [5, 5.41) is 0. The van der Waals surface area contributed by atoms with Crippen LogP contribution in [-0.2, 0) is 14.8 Å². The highest BCUT2D eigenvalue weighted by Crippen LogP contribution is 2.22. The monoisotopic (exact) mass is 306 g/mol. The maximum absolute atomic E-state index is 12.0. The fourth-order valence-electron chi connectivity index (χ4n) is 2.34. The molecule has 0 radical (unpaired) electrons. The lowest BCUT2D eigenvalue weighted by molar-refractivity contribution is 0.0153. The van der Waals surface area contributed by atoms with Gasteiger partial charge in [0.1, 0.15) is 5.60 Å². The van der Waals surface area contributed by atoms with Crippen LogP contribution in [0.4, 0.5) is 4.79 Å². The molecule has 0 spiro atoms. The second-order valence-corrected chi connectivity index (χ2v) is 8.29. The van der Waals surface area contributed by atoms with E-state index in [1.165, 1.54) is 0 Å². The van der Waals surface area contributed by atoms with Crippen LogP contribution in [0.3, 0.4) is 0 Å². The first-order chi connectivity index (χ1) is 8.98. The summed E-state index contributed by atoms with van der Waals surface area (Å²) in [5.41, 5.74) is -0.513. The predicted molar refractivity (Wildman–Crippen MR) is 78.0 cm³/mol. The maximum Gasteiger partial charge on any atom is 0.410 e. The van der Waals surface area contributed by atoms with Crippen LogP contribution in [0.15, 0.2) is 0 Å². The molecule has 0 aliphatic carbocycles. The maximum atomic E-state index is 12.0. The zero-order valence-corrected chi connectivity index (χ0v) is 13.8. The highest BCUT2D eigenvalue weighted by Gasteiger charge is 2.30. The third kappa shape index (κ3) is 6.09. The van der Waals surface area contributed by atoms with Crippen molar-refractivity contribution in [2.45, 2.75) is 52.2 Å². The van der Waals surface area contributed by atoms with Crippen LogP contribution in [0.5, 0.6) is 0 Å². The molecule has 0 aromatic rings. The number of piperidine rings is 1. The van der Waals surface area contributed by atoms with Crippen molar-refractivity contribution in [2.75, 3.05) is 19.3 Å². The molecule has 0 aromatic carbocycles. The van der Waals surface area contributed by atoms with Gasteiger partial charge in [0, 0.05) is 19.1 Å². The van der Waals surface area contributed by atoms with Gasteiger partial charge in [0.25, 0.3) is 0 Å². The van der Waals surface area contributed by atoms with Gasteiger partial charge in [0.2, 0.25) is 10.0 Å². The highest BCUT2D eigenvalue weighted by atomic mass is 32.2. The van der Waals surface area contributed by atoms with E-state index in [1.54, 1.807) is 4.90 Å². The van der Waals surface area contributed by atoms with Crippen LogP contribution in [0, 0.1) is 5.92 Å². The molecule has 0 saturated carbocycles. The van der Waals surface area contributed by atoms with E-state index in [0.717, 1.165) is 19.1 Å². The van der Waals surface area contributed by atoms with Crippen LogP contribution < -0.4 is 4.72 Å². The Morgan fingerprint density at radius 2 is 2.00 bits per heavy atom. The van der Waals surface area contributed by atoms with Crippen molar-refractivity contribution in [2.24, 2.45) is 5.92 Å². The van der Waals surface area contributed by atoms with E-state index in [1.807, 2.05) is 27.7 Å². The minimum absolute atomic E-state index is 0.117. The van der Waals surface area contributed by atoms with Gasteiger partial charge in [-0.05, 0) is 46.5 Å². The lowest BCUT2D eigenvalue weighted by Crippen LogP contribution is -2.48. The molecular formula is C13H26N2O4S. The molecule has 6 nitrogen and oxygen atoms in total. The Hall–Kier alpha value is -0.820. The number of carbonyl (C=O) groups excluding carboxylic acids is 1. The zero-order chi connectivity index (χ0) is 15.6. The molecule has 118 valence electrons. The first kappa shape index (κ1) is 17.2. The molecule has 1 fully saturated rings. The van der Waals surface area contributed by atoms with Crippen LogP contribution in [0.25, 0.3) is 0 Å². The summed E-state index contributed by atoms with van der Waals surface area (Å²) in [7, 11) is -3.22. The lowest BCUT2D eigenvalue weighted by Gasteiger charge is -2.36. The number of sulfonamides is 1. The molecule has 1 N–H and O–H groups in total. The zero-order valence-electron chi connectivity index (χ0n) is 13.0. The molecular weight excluding hydrogens is 280 g/mol. The Bertz CT molecular complexity index is 442. The van der Waals surface area contributed by atoms with Crippen LogP contribution in [0.1, 0.15) is 40.5 Å². The third-order valence-electron chi connectivity index (χ3n) is 3.22. The van der Waals surface area contributed by atoms with Crippen molar-refractivity contribution in [3.63, 3.8) is 0 Å². The first-order valence-corrected chi connectivity index (χ1v) is 8.82. The smallest absolute Gasteiger partial charge is 0.410 e. The second-order valence-electron chi connectivity index (χ2n) is 6.51. The van der Waals surface area contributed by atoms with E-state index in [2.05, 4.69) is 4.72 Å². The van der Waals surface area contributed by atoms with Gasteiger partial charge in [-0.15, -0.1) is 0 Å². The SMILES string of the molecule is CC(NS(C)(=O)=O)C1CCCN(C(=O)OC(C)(C)C)C1. The number of nitrogens with zero attached hydrogens (tertiary/aromatic N) is 1. The van der Waals surface area contributed by atoms with Gasteiger partial charge < -0.3 is 9.64 Å². The number of rotatable bonds is 3. The molecule has 7 heteroatoms. The summed E-state index contributed by atoms with van der Waals surface area (Å²) < 4.78 is 30.5. The van der Waals surface area contributed by atoms with Crippen LogP contribution in [-0.4, -0.2) is 50.4 Å².